The summed E-state index contributed by atoms with van der Waals surface area (Å²) >= 11 is 6.00. The molecule has 1 aromatic rings. The van der Waals surface area contributed by atoms with Gasteiger partial charge in [0.2, 0.25) is 0 Å². The molecule has 88 valence electrons. The van der Waals surface area contributed by atoms with E-state index in [4.69, 9.17) is 22.4 Å². The SMILES string of the molecule is Cc1ccc(C(C)(C)C(N)C(=O)O)c(Cl)n1. The van der Waals surface area contributed by atoms with Gasteiger partial charge in [0.25, 0.3) is 0 Å². The zero-order valence-corrected chi connectivity index (χ0v) is 10.2. The Bertz CT molecular complexity index is 418. The van der Waals surface area contributed by atoms with Crippen LogP contribution in [-0.2, 0) is 10.2 Å². The van der Waals surface area contributed by atoms with Crippen LogP contribution in [0.1, 0.15) is 25.1 Å². The Morgan fingerprint density at radius 2 is 2.12 bits per heavy atom. The summed E-state index contributed by atoms with van der Waals surface area (Å²) in [6.07, 6.45) is 0. The second-order valence-electron chi connectivity index (χ2n) is 4.33. The van der Waals surface area contributed by atoms with Crippen molar-refractivity contribution in [3.63, 3.8) is 0 Å². The normalized spacial score (nSPS) is 13.6. The number of hydrogen-bond acceptors (Lipinski definition) is 3. The van der Waals surface area contributed by atoms with E-state index in [1.165, 1.54) is 0 Å². The van der Waals surface area contributed by atoms with Crippen LogP contribution in [0, 0.1) is 6.92 Å². The van der Waals surface area contributed by atoms with Gasteiger partial charge >= 0.3 is 5.97 Å². The van der Waals surface area contributed by atoms with Gasteiger partial charge < -0.3 is 10.8 Å². The lowest BCUT2D eigenvalue weighted by Crippen LogP contribution is -2.47. The molecule has 4 nitrogen and oxygen atoms in total. The van der Waals surface area contributed by atoms with E-state index < -0.39 is 17.4 Å². The van der Waals surface area contributed by atoms with Crippen molar-refractivity contribution < 1.29 is 9.90 Å². The minimum atomic E-state index is -1.05. The number of pyridine rings is 1. The largest absolute Gasteiger partial charge is 0.480 e. The zero-order chi connectivity index (χ0) is 12.5. The van der Waals surface area contributed by atoms with E-state index in [9.17, 15) is 4.79 Å². The third-order valence-electron chi connectivity index (χ3n) is 2.73. The number of carboxylic acid groups (broad SMARTS) is 1. The molecule has 0 aromatic carbocycles. The van der Waals surface area contributed by atoms with Crippen LogP contribution < -0.4 is 5.73 Å². The van der Waals surface area contributed by atoms with Crippen LogP contribution >= 0.6 is 11.6 Å². The smallest absolute Gasteiger partial charge is 0.321 e. The van der Waals surface area contributed by atoms with Crippen LogP contribution in [0.15, 0.2) is 12.1 Å². The van der Waals surface area contributed by atoms with Crippen molar-refractivity contribution in [2.45, 2.75) is 32.2 Å². The molecule has 1 atom stereocenters. The number of nitrogens with two attached hydrogens (primary N) is 1. The lowest BCUT2D eigenvalue weighted by Gasteiger charge is -2.29. The maximum atomic E-state index is 10.9. The molecule has 0 radical (unpaired) electrons. The molecule has 0 saturated heterocycles. The van der Waals surface area contributed by atoms with Crippen molar-refractivity contribution in [2.75, 3.05) is 0 Å². The molecular weight excluding hydrogens is 228 g/mol. The van der Waals surface area contributed by atoms with Crippen molar-refractivity contribution in [1.29, 1.82) is 0 Å². The second-order valence-corrected chi connectivity index (χ2v) is 4.69. The number of aromatic nitrogens is 1. The Labute approximate surface area is 99.4 Å². The molecule has 1 aromatic heterocycles. The van der Waals surface area contributed by atoms with E-state index in [1.807, 2.05) is 6.92 Å². The fourth-order valence-electron chi connectivity index (χ4n) is 1.48. The van der Waals surface area contributed by atoms with Gasteiger partial charge in [-0.2, -0.15) is 0 Å². The number of hydrogen-bond donors (Lipinski definition) is 2. The highest BCUT2D eigenvalue weighted by Crippen LogP contribution is 2.31. The van der Waals surface area contributed by atoms with Crippen LogP contribution in [0.25, 0.3) is 0 Å². The summed E-state index contributed by atoms with van der Waals surface area (Å²) in [5.41, 5.74) is 6.32. The maximum absolute atomic E-state index is 10.9. The highest BCUT2D eigenvalue weighted by atomic mass is 35.5. The Balaban J connectivity index is 3.21. The molecule has 0 aliphatic rings. The lowest BCUT2D eigenvalue weighted by molar-refractivity contribution is -0.140. The van der Waals surface area contributed by atoms with Gasteiger partial charge in [0.15, 0.2) is 0 Å². The van der Waals surface area contributed by atoms with Crippen molar-refractivity contribution in [2.24, 2.45) is 5.73 Å². The lowest BCUT2D eigenvalue weighted by atomic mass is 9.79. The van der Waals surface area contributed by atoms with E-state index in [0.29, 0.717) is 10.7 Å². The second kappa shape index (κ2) is 4.39. The number of nitrogens with zero attached hydrogens (tertiary/aromatic N) is 1. The van der Waals surface area contributed by atoms with E-state index in [1.54, 1.807) is 26.0 Å². The van der Waals surface area contributed by atoms with Crippen LogP contribution in [0.2, 0.25) is 5.15 Å². The molecular formula is C11H15ClN2O2. The van der Waals surface area contributed by atoms with Gasteiger partial charge in [-0.15, -0.1) is 0 Å². The van der Waals surface area contributed by atoms with Crippen LogP contribution in [0.5, 0.6) is 0 Å². The Kier molecular flexibility index (Phi) is 3.55. The average Bonchev–Trinajstić information content (AvgIpc) is 2.15. The first kappa shape index (κ1) is 12.9. The van der Waals surface area contributed by atoms with E-state index >= 15 is 0 Å². The fraction of sp³-hybridized carbons (Fsp3) is 0.455. The monoisotopic (exact) mass is 242 g/mol. The quantitative estimate of drug-likeness (QED) is 0.792. The van der Waals surface area contributed by atoms with Gasteiger partial charge in [0, 0.05) is 11.1 Å². The molecule has 1 heterocycles. The molecule has 1 unspecified atom stereocenters. The molecule has 1 rings (SSSR count). The van der Waals surface area contributed by atoms with Gasteiger partial charge in [0.1, 0.15) is 11.2 Å². The molecule has 0 saturated carbocycles. The summed E-state index contributed by atoms with van der Waals surface area (Å²) in [5.74, 6) is -1.05. The molecule has 3 N–H and O–H groups in total. The number of aryl methyl sites for hydroxylation is 1. The average molecular weight is 243 g/mol. The topological polar surface area (TPSA) is 76.2 Å². The predicted molar refractivity (Wildman–Crippen MR) is 62.6 cm³/mol. The molecule has 0 fully saturated rings. The molecule has 16 heavy (non-hydrogen) atoms. The number of carbonyl (C=O) groups is 1. The van der Waals surface area contributed by atoms with Gasteiger partial charge in [-0.05, 0) is 18.6 Å². The highest BCUT2D eigenvalue weighted by molar-refractivity contribution is 6.30. The summed E-state index contributed by atoms with van der Waals surface area (Å²) in [7, 11) is 0. The number of carboxylic acids is 1. The van der Waals surface area contributed by atoms with Crippen molar-refractivity contribution in [1.82, 2.24) is 4.98 Å². The van der Waals surface area contributed by atoms with Crippen molar-refractivity contribution >= 4 is 17.6 Å². The van der Waals surface area contributed by atoms with Crippen LogP contribution in [0.4, 0.5) is 0 Å². The van der Waals surface area contributed by atoms with Gasteiger partial charge in [-0.1, -0.05) is 31.5 Å². The van der Waals surface area contributed by atoms with Gasteiger partial charge in [0.05, 0.1) is 0 Å². The first-order valence-corrected chi connectivity index (χ1v) is 5.26. The van der Waals surface area contributed by atoms with E-state index in [0.717, 1.165) is 5.69 Å². The minimum Gasteiger partial charge on any atom is -0.480 e. The summed E-state index contributed by atoms with van der Waals surface area (Å²) in [4.78, 5) is 15.0. The van der Waals surface area contributed by atoms with E-state index in [-0.39, 0.29) is 0 Å². The minimum absolute atomic E-state index is 0.307. The Morgan fingerprint density at radius 1 is 1.56 bits per heavy atom. The third kappa shape index (κ3) is 2.33. The predicted octanol–water partition coefficient (Wildman–Crippen LogP) is 1.73. The summed E-state index contributed by atoms with van der Waals surface area (Å²) in [6, 6.07) is 2.54. The summed E-state index contributed by atoms with van der Waals surface area (Å²) in [6.45, 7) is 5.30. The first-order valence-electron chi connectivity index (χ1n) is 4.89. The van der Waals surface area contributed by atoms with E-state index in [2.05, 4.69) is 4.98 Å². The standard InChI is InChI=1S/C11H15ClN2O2/c1-6-4-5-7(9(12)14-6)11(2,3)8(13)10(15)16/h4-5,8H,13H2,1-3H3,(H,15,16). The van der Waals surface area contributed by atoms with Gasteiger partial charge in [-0.3, -0.25) is 4.79 Å². The van der Waals surface area contributed by atoms with Gasteiger partial charge in [-0.25, -0.2) is 4.98 Å². The molecule has 0 amide bonds. The number of aliphatic carboxylic acids is 1. The fourth-order valence-corrected chi connectivity index (χ4v) is 1.92. The molecule has 0 aliphatic heterocycles. The molecule has 0 aliphatic carbocycles. The Hall–Kier alpha value is -1.13. The van der Waals surface area contributed by atoms with Crippen molar-refractivity contribution in [3.8, 4) is 0 Å². The maximum Gasteiger partial charge on any atom is 0.321 e. The Morgan fingerprint density at radius 3 is 2.56 bits per heavy atom. The number of rotatable bonds is 3. The molecule has 5 heteroatoms. The number of halogens is 1. The first-order chi connectivity index (χ1) is 7.26. The van der Waals surface area contributed by atoms with Crippen molar-refractivity contribution in [3.05, 3.63) is 28.5 Å². The van der Waals surface area contributed by atoms with Crippen LogP contribution in [0.3, 0.4) is 0 Å². The zero-order valence-electron chi connectivity index (χ0n) is 9.49. The summed E-state index contributed by atoms with van der Waals surface area (Å²) in [5, 5.41) is 9.24. The third-order valence-corrected chi connectivity index (χ3v) is 3.01. The molecule has 0 spiro atoms. The molecule has 0 bridgehead atoms. The summed E-state index contributed by atoms with van der Waals surface area (Å²) < 4.78 is 0. The highest BCUT2D eigenvalue weighted by Gasteiger charge is 2.35. The van der Waals surface area contributed by atoms with Crippen LogP contribution in [-0.4, -0.2) is 22.1 Å².